The first-order chi connectivity index (χ1) is 11.8. The summed E-state index contributed by atoms with van der Waals surface area (Å²) >= 11 is 0. The van der Waals surface area contributed by atoms with Gasteiger partial charge >= 0.3 is 0 Å². The Morgan fingerprint density at radius 3 is 2.42 bits per heavy atom. The number of nitrogens with zero attached hydrogens (tertiary/aromatic N) is 3. The zero-order valence-corrected chi connectivity index (χ0v) is 14.4. The molecule has 1 aromatic carbocycles. The third-order valence-electron chi connectivity index (χ3n) is 3.16. The summed E-state index contributed by atoms with van der Waals surface area (Å²) in [6, 6.07) is 13.5. The lowest BCUT2D eigenvalue weighted by Crippen LogP contribution is -1.98. The van der Waals surface area contributed by atoms with Crippen molar-refractivity contribution in [1.29, 1.82) is 0 Å². The molecule has 0 aliphatic carbocycles. The van der Waals surface area contributed by atoms with E-state index in [1.165, 1.54) is 5.56 Å². The molecule has 0 aliphatic heterocycles. The predicted molar refractivity (Wildman–Crippen MR) is 99.5 cm³/mol. The SMILES string of the molecule is CC.CNc1nccc(-c2cccnc2Oc2ccc(C)cc2)n1.[HH]. The number of benzene rings is 1. The molecule has 0 bridgehead atoms. The number of hydrogen-bond acceptors (Lipinski definition) is 5. The van der Waals surface area contributed by atoms with Crippen molar-refractivity contribution in [1.82, 2.24) is 15.0 Å². The van der Waals surface area contributed by atoms with Crippen molar-refractivity contribution in [2.24, 2.45) is 0 Å². The maximum absolute atomic E-state index is 5.90. The third kappa shape index (κ3) is 4.29. The summed E-state index contributed by atoms with van der Waals surface area (Å²) in [5.41, 5.74) is 2.76. The van der Waals surface area contributed by atoms with Crippen molar-refractivity contribution in [3.8, 4) is 22.9 Å². The Morgan fingerprint density at radius 1 is 0.958 bits per heavy atom. The predicted octanol–water partition coefficient (Wildman–Crippen LogP) is 4.95. The highest BCUT2D eigenvalue weighted by Crippen LogP contribution is 2.30. The molecular formula is C19H24N4O. The standard InChI is InChI=1S/C17H16N4O.C2H6.H2/c1-12-5-7-13(8-6-12)22-16-14(4-3-10-19-16)15-9-11-20-17(18-2)21-15;1-2;/h3-11H,1-2H3,(H,18,20,21);1-2H3;1H. The smallest absolute Gasteiger partial charge is 0.228 e. The minimum Gasteiger partial charge on any atom is -0.438 e. The molecule has 5 heteroatoms. The van der Waals surface area contributed by atoms with Gasteiger partial charge in [-0.3, -0.25) is 0 Å². The van der Waals surface area contributed by atoms with E-state index in [1.54, 1.807) is 19.4 Å². The second-order valence-corrected chi connectivity index (χ2v) is 4.79. The van der Waals surface area contributed by atoms with Crippen LogP contribution in [0.1, 0.15) is 20.8 Å². The normalized spacial score (nSPS) is 9.67. The fourth-order valence-corrected chi connectivity index (χ4v) is 2.01. The lowest BCUT2D eigenvalue weighted by molar-refractivity contribution is 0.464. The van der Waals surface area contributed by atoms with Crippen molar-refractivity contribution >= 4 is 5.95 Å². The Morgan fingerprint density at radius 2 is 1.71 bits per heavy atom. The summed E-state index contributed by atoms with van der Waals surface area (Å²) in [7, 11) is 1.78. The van der Waals surface area contributed by atoms with E-state index < -0.39 is 0 Å². The quantitative estimate of drug-likeness (QED) is 0.735. The van der Waals surface area contributed by atoms with E-state index >= 15 is 0 Å². The van der Waals surface area contributed by atoms with Gasteiger partial charge in [-0.15, -0.1) is 0 Å². The van der Waals surface area contributed by atoms with Crippen LogP contribution in [0.2, 0.25) is 0 Å². The molecule has 3 aromatic rings. The monoisotopic (exact) mass is 324 g/mol. The van der Waals surface area contributed by atoms with Crippen molar-refractivity contribution in [3.63, 3.8) is 0 Å². The third-order valence-corrected chi connectivity index (χ3v) is 3.16. The minimum absolute atomic E-state index is 0. The van der Waals surface area contributed by atoms with Crippen molar-refractivity contribution in [2.75, 3.05) is 12.4 Å². The summed E-state index contributed by atoms with van der Waals surface area (Å²) in [6.07, 6.45) is 3.41. The van der Waals surface area contributed by atoms with E-state index in [9.17, 15) is 0 Å². The van der Waals surface area contributed by atoms with Crippen LogP contribution in [0.4, 0.5) is 5.95 Å². The van der Waals surface area contributed by atoms with Gasteiger partial charge in [-0.1, -0.05) is 31.5 Å². The van der Waals surface area contributed by atoms with E-state index in [0.717, 1.165) is 17.0 Å². The van der Waals surface area contributed by atoms with Crippen LogP contribution in [0.5, 0.6) is 11.6 Å². The summed E-state index contributed by atoms with van der Waals surface area (Å²) in [6.45, 7) is 6.04. The maximum atomic E-state index is 5.90. The van der Waals surface area contributed by atoms with Crippen LogP contribution in [0.25, 0.3) is 11.3 Å². The van der Waals surface area contributed by atoms with Crippen molar-refractivity contribution in [2.45, 2.75) is 20.8 Å². The Labute approximate surface area is 144 Å². The first-order valence-corrected chi connectivity index (χ1v) is 7.97. The highest BCUT2D eigenvalue weighted by molar-refractivity contribution is 5.65. The molecule has 0 fully saturated rings. The molecule has 2 heterocycles. The lowest BCUT2D eigenvalue weighted by Gasteiger charge is -2.10. The average molecular weight is 324 g/mol. The van der Waals surface area contributed by atoms with Gasteiger partial charge in [0.1, 0.15) is 5.75 Å². The fourth-order valence-electron chi connectivity index (χ4n) is 2.01. The molecule has 0 radical (unpaired) electrons. The molecule has 0 aliphatic rings. The zero-order valence-electron chi connectivity index (χ0n) is 14.4. The molecular weight excluding hydrogens is 300 g/mol. The molecule has 0 saturated carbocycles. The number of pyridine rings is 1. The van der Waals surface area contributed by atoms with Gasteiger partial charge in [-0.2, -0.15) is 0 Å². The Kier molecular flexibility index (Phi) is 6.25. The van der Waals surface area contributed by atoms with Gasteiger partial charge in [0.05, 0.1) is 11.3 Å². The van der Waals surface area contributed by atoms with E-state index in [0.29, 0.717) is 11.8 Å². The number of rotatable bonds is 4. The number of anilines is 1. The summed E-state index contributed by atoms with van der Waals surface area (Å²) < 4.78 is 5.90. The highest BCUT2D eigenvalue weighted by Gasteiger charge is 2.10. The van der Waals surface area contributed by atoms with Crippen LogP contribution in [-0.2, 0) is 0 Å². The topological polar surface area (TPSA) is 59.9 Å². The van der Waals surface area contributed by atoms with Gasteiger partial charge in [0.15, 0.2) is 0 Å². The van der Waals surface area contributed by atoms with Gasteiger partial charge in [0, 0.05) is 20.9 Å². The van der Waals surface area contributed by atoms with Gasteiger partial charge < -0.3 is 10.1 Å². The van der Waals surface area contributed by atoms with Crippen LogP contribution < -0.4 is 10.1 Å². The summed E-state index contributed by atoms with van der Waals surface area (Å²) in [5.74, 6) is 1.82. The van der Waals surface area contributed by atoms with E-state index in [1.807, 2.05) is 63.2 Å². The van der Waals surface area contributed by atoms with Gasteiger partial charge in [0.25, 0.3) is 0 Å². The highest BCUT2D eigenvalue weighted by atomic mass is 16.5. The van der Waals surface area contributed by atoms with Crippen molar-refractivity contribution in [3.05, 3.63) is 60.4 Å². The Hall–Kier alpha value is -2.95. The van der Waals surface area contributed by atoms with Gasteiger partial charge in [0.2, 0.25) is 11.8 Å². The van der Waals surface area contributed by atoms with Crippen LogP contribution in [0, 0.1) is 6.92 Å². The molecule has 0 atom stereocenters. The molecule has 2 aromatic heterocycles. The zero-order chi connectivity index (χ0) is 17.4. The molecule has 0 saturated heterocycles. The average Bonchev–Trinajstić information content (AvgIpc) is 2.66. The molecule has 0 amide bonds. The Balaban J connectivity index is 0.00000101. The first kappa shape index (κ1) is 17.4. The number of ether oxygens (including phenoxy) is 1. The molecule has 126 valence electrons. The number of hydrogen-bond donors (Lipinski definition) is 1. The molecule has 1 N–H and O–H groups in total. The molecule has 0 unspecified atom stereocenters. The molecule has 5 nitrogen and oxygen atoms in total. The minimum atomic E-state index is 0. The van der Waals surface area contributed by atoms with E-state index in [2.05, 4.69) is 20.3 Å². The lowest BCUT2D eigenvalue weighted by atomic mass is 10.2. The second-order valence-electron chi connectivity index (χ2n) is 4.79. The number of aromatic nitrogens is 3. The largest absolute Gasteiger partial charge is 0.438 e. The molecule has 3 rings (SSSR count). The van der Waals surface area contributed by atoms with Crippen LogP contribution in [-0.4, -0.2) is 22.0 Å². The summed E-state index contributed by atoms with van der Waals surface area (Å²) in [5, 5.41) is 2.93. The maximum Gasteiger partial charge on any atom is 0.228 e. The molecule has 0 spiro atoms. The van der Waals surface area contributed by atoms with E-state index in [4.69, 9.17) is 4.74 Å². The van der Waals surface area contributed by atoms with Crippen LogP contribution in [0.15, 0.2) is 54.9 Å². The van der Waals surface area contributed by atoms with Gasteiger partial charge in [-0.25, -0.2) is 15.0 Å². The summed E-state index contributed by atoms with van der Waals surface area (Å²) in [4.78, 5) is 12.9. The number of aryl methyl sites for hydroxylation is 1. The van der Waals surface area contributed by atoms with Crippen molar-refractivity contribution < 1.29 is 6.16 Å². The van der Waals surface area contributed by atoms with E-state index in [-0.39, 0.29) is 1.43 Å². The van der Waals surface area contributed by atoms with Crippen LogP contribution in [0.3, 0.4) is 0 Å². The first-order valence-electron chi connectivity index (χ1n) is 7.97. The fraction of sp³-hybridized carbons (Fsp3) is 0.211. The number of nitrogens with one attached hydrogen (secondary N) is 1. The second kappa shape index (κ2) is 8.62. The Bertz CT molecular complexity index is 778. The molecule has 24 heavy (non-hydrogen) atoms. The van der Waals surface area contributed by atoms with Gasteiger partial charge in [-0.05, 0) is 37.3 Å². The van der Waals surface area contributed by atoms with Crippen LogP contribution >= 0.6 is 0 Å².